The number of hydrogen-bond donors (Lipinski definition) is 2. The molecule has 1 aromatic rings. The van der Waals surface area contributed by atoms with E-state index in [9.17, 15) is 5.11 Å². The normalized spacial score (nSPS) is 17.1. The van der Waals surface area contributed by atoms with Crippen molar-refractivity contribution in [3.8, 4) is 0 Å². The van der Waals surface area contributed by atoms with E-state index in [2.05, 4.69) is 27.3 Å². The molecule has 0 fully saturated rings. The van der Waals surface area contributed by atoms with Gasteiger partial charge in [-0.15, -0.1) is 0 Å². The van der Waals surface area contributed by atoms with Gasteiger partial charge in [0, 0.05) is 11.0 Å². The monoisotopic (exact) mass is 323 g/mol. The average molecular weight is 324 g/mol. The Morgan fingerprint density at radius 3 is 2.95 bits per heavy atom. The number of aliphatic hydroxyl groups excluding tert-OH is 1. The molecule has 0 saturated heterocycles. The summed E-state index contributed by atoms with van der Waals surface area (Å²) in [6, 6.07) is 7.85. The summed E-state index contributed by atoms with van der Waals surface area (Å²) in [7, 11) is 0. The summed E-state index contributed by atoms with van der Waals surface area (Å²) in [5, 5.41) is 13.4. The van der Waals surface area contributed by atoms with E-state index in [1.165, 1.54) is 25.7 Å². The lowest BCUT2D eigenvalue weighted by molar-refractivity contribution is 0.175. The van der Waals surface area contributed by atoms with Crippen molar-refractivity contribution >= 4 is 15.9 Å². The van der Waals surface area contributed by atoms with E-state index in [1.54, 1.807) is 5.57 Å². The van der Waals surface area contributed by atoms with E-state index in [0.717, 1.165) is 23.0 Å². The standard InChI is InChI=1S/C16H22BrNO/c17-15-8-4-7-14(11-15)16(19)12-18-10-9-13-5-2-1-3-6-13/h4-5,7-8,11,16,18-19H,1-3,6,9-10,12H2. The summed E-state index contributed by atoms with van der Waals surface area (Å²) in [5.74, 6) is 0. The van der Waals surface area contributed by atoms with E-state index in [-0.39, 0.29) is 0 Å². The summed E-state index contributed by atoms with van der Waals surface area (Å²) < 4.78 is 1.01. The van der Waals surface area contributed by atoms with Crippen molar-refractivity contribution in [1.29, 1.82) is 0 Å². The van der Waals surface area contributed by atoms with Gasteiger partial charge in [0.2, 0.25) is 0 Å². The summed E-state index contributed by atoms with van der Waals surface area (Å²) >= 11 is 3.43. The van der Waals surface area contributed by atoms with E-state index in [1.807, 2.05) is 24.3 Å². The second-order valence-electron chi connectivity index (χ2n) is 5.13. The van der Waals surface area contributed by atoms with Gasteiger partial charge in [-0.2, -0.15) is 0 Å². The molecule has 0 aliphatic heterocycles. The molecule has 19 heavy (non-hydrogen) atoms. The van der Waals surface area contributed by atoms with Crippen molar-refractivity contribution in [3.05, 3.63) is 46.0 Å². The molecular weight excluding hydrogens is 302 g/mol. The van der Waals surface area contributed by atoms with Gasteiger partial charge in [-0.3, -0.25) is 0 Å². The Kier molecular flexibility index (Phi) is 6.08. The largest absolute Gasteiger partial charge is 0.387 e. The first kappa shape index (κ1) is 14.8. The van der Waals surface area contributed by atoms with Crippen molar-refractivity contribution in [2.45, 2.75) is 38.2 Å². The van der Waals surface area contributed by atoms with Crippen molar-refractivity contribution in [2.75, 3.05) is 13.1 Å². The summed E-state index contributed by atoms with van der Waals surface area (Å²) in [6.07, 6.45) is 8.26. The Balaban J connectivity index is 1.69. The number of allylic oxidation sites excluding steroid dienone is 1. The highest BCUT2D eigenvalue weighted by Gasteiger charge is 2.08. The quantitative estimate of drug-likeness (QED) is 0.613. The Labute approximate surface area is 124 Å². The van der Waals surface area contributed by atoms with Gasteiger partial charge in [-0.1, -0.05) is 39.7 Å². The van der Waals surface area contributed by atoms with Crippen LogP contribution < -0.4 is 5.32 Å². The molecular formula is C16H22BrNO. The maximum absolute atomic E-state index is 10.1. The second-order valence-corrected chi connectivity index (χ2v) is 6.05. The van der Waals surface area contributed by atoms with Gasteiger partial charge in [0.1, 0.15) is 0 Å². The minimum Gasteiger partial charge on any atom is -0.387 e. The number of benzene rings is 1. The maximum atomic E-state index is 10.1. The molecule has 1 aromatic carbocycles. The van der Waals surface area contributed by atoms with Gasteiger partial charge in [-0.05, 0) is 56.3 Å². The van der Waals surface area contributed by atoms with Crippen molar-refractivity contribution < 1.29 is 5.11 Å². The van der Waals surface area contributed by atoms with Gasteiger partial charge in [0.15, 0.2) is 0 Å². The smallest absolute Gasteiger partial charge is 0.0914 e. The molecule has 1 aliphatic carbocycles. The fraction of sp³-hybridized carbons (Fsp3) is 0.500. The predicted octanol–water partition coefficient (Wildman–Crippen LogP) is 3.96. The van der Waals surface area contributed by atoms with Gasteiger partial charge < -0.3 is 10.4 Å². The minimum atomic E-state index is -0.433. The minimum absolute atomic E-state index is 0.433. The molecule has 0 aromatic heterocycles. The van der Waals surface area contributed by atoms with Crippen LogP contribution in [-0.4, -0.2) is 18.2 Å². The molecule has 2 nitrogen and oxygen atoms in total. The van der Waals surface area contributed by atoms with Gasteiger partial charge in [0.25, 0.3) is 0 Å². The van der Waals surface area contributed by atoms with Crippen LogP contribution >= 0.6 is 15.9 Å². The maximum Gasteiger partial charge on any atom is 0.0914 e. The fourth-order valence-corrected chi connectivity index (χ4v) is 2.87. The Hall–Kier alpha value is -0.640. The zero-order valence-corrected chi connectivity index (χ0v) is 12.8. The predicted molar refractivity (Wildman–Crippen MR) is 83.1 cm³/mol. The molecule has 2 N–H and O–H groups in total. The number of rotatable bonds is 6. The fourth-order valence-electron chi connectivity index (χ4n) is 2.45. The number of nitrogens with one attached hydrogen (secondary N) is 1. The van der Waals surface area contributed by atoms with Crippen LogP contribution in [0.3, 0.4) is 0 Å². The Morgan fingerprint density at radius 2 is 2.21 bits per heavy atom. The molecule has 0 saturated carbocycles. The molecule has 3 heteroatoms. The van der Waals surface area contributed by atoms with E-state index >= 15 is 0 Å². The molecule has 1 aliphatic rings. The highest BCUT2D eigenvalue weighted by molar-refractivity contribution is 9.10. The summed E-state index contributed by atoms with van der Waals surface area (Å²) in [4.78, 5) is 0. The highest BCUT2D eigenvalue weighted by Crippen LogP contribution is 2.20. The lowest BCUT2D eigenvalue weighted by Crippen LogP contribution is -2.23. The van der Waals surface area contributed by atoms with Crippen LogP contribution in [0.15, 0.2) is 40.4 Å². The van der Waals surface area contributed by atoms with E-state index in [4.69, 9.17) is 0 Å². The zero-order chi connectivity index (χ0) is 13.5. The van der Waals surface area contributed by atoms with Crippen LogP contribution in [0, 0.1) is 0 Å². The second kappa shape index (κ2) is 7.83. The molecule has 2 rings (SSSR count). The van der Waals surface area contributed by atoms with Crippen molar-refractivity contribution in [2.24, 2.45) is 0 Å². The third kappa shape index (κ3) is 5.09. The number of halogens is 1. The van der Waals surface area contributed by atoms with Crippen LogP contribution in [0.4, 0.5) is 0 Å². The van der Waals surface area contributed by atoms with Gasteiger partial charge in [-0.25, -0.2) is 0 Å². The van der Waals surface area contributed by atoms with Crippen LogP contribution in [0.2, 0.25) is 0 Å². The van der Waals surface area contributed by atoms with E-state index in [0.29, 0.717) is 6.54 Å². The van der Waals surface area contributed by atoms with Crippen molar-refractivity contribution in [3.63, 3.8) is 0 Å². The number of aliphatic hydroxyl groups is 1. The van der Waals surface area contributed by atoms with Crippen LogP contribution in [0.1, 0.15) is 43.8 Å². The van der Waals surface area contributed by atoms with E-state index < -0.39 is 6.10 Å². The summed E-state index contributed by atoms with van der Waals surface area (Å²) in [5.41, 5.74) is 2.54. The first-order chi connectivity index (χ1) is 9.25. The first-order valence-electron chi connectivity index (χ1n) is 7.08. The molecule has 0 bridgehead atoms. The van der Waals surface area contributed by atoms with Gasteiger partial charge in [0.05, 0.1) is 6.10 Å². The summed E-state index contributed by atoms with van der Waals surface area (Å²) in [6.45, 7) is 1.57. The lowest BCUT2D eigenvalue weighted by atomic mass is 9.97. The molecule has 0 amide bonds. The van der Waals surface area contributed by atoms with Crippen LogP contribution in [0.25, 0.3) is 0 Å². The topological polar surface area (TPSA) is 32.3 Å². The molecule has 104 valence electrons. The van der Waals surface area contributed by atoms with Crippen molar-refractivity contribution in [1.82, 2.24) is 5.32 Å². The first-order valence-corrected chi connectivity index (χ1v) is 7.87. The lowest BCUT2D eigenvalue weighted by Gasteiger charge is -2.15. The van der Waals surface area contributed by atoms with Gasteiger partial charge >= 0.3 is 0 Å². The molecule has 1 unspecified atom stereocenters. The molecule has 0 radical (unpaired) electrons. The average Bonchev–Trinajstić information content (AvgIpc) is 2.44. The third-order valence-corrected chi connectivity index (χ3v) is 4.07. The SMILES string of the molecule is OC(CNCCC1=CCCCC1)c1cccc(Br)c1. The molecule has 0 heterocycles. The number of hydrogen-bond acceptors (Lipinski definition) is 2. The van der Waals surface area contributed by atoms with Crippen LogP contribution in [0.5, 0.6) is 0 Å². The molecule has 0 spiro atoms. The Bertz CT molecular complexity index is 431. The Morgan fingerprint density at radius 1 is 1.32 bits per heavy atom. The zero-order valence-electron chi connectivity index (χ0n) is 11.2. The molecule has 1 atom stereocenters. The third-order valence-electron chi connectivity index (χ3n) is 3.58. The van der Waals surface area contributed by atoms with Crippen LogP contribution in [-0.2, 0) is 0 Å². The highest BCUT2D eigenvalue weighted by atomic mass is 79.9.